The number of halogens is 3. The zero-order valence-corrected chi connectivity index (χ0v) is 17.5. The van der Waals surface area contributed by atoms with Crippen molar-refractivity contribution in [2.75, 3.05) is 13.1 Å². The Morgan fingerprint density at radius 2 is 1.72 bits per heavy atom. The molecular weight excluding hydrogens is 427 g/mol. The Morgan fingerprint density at radius 1 is 1.09 bits per heavy atom. The Balaban J connectivity index is 1.72. The average Bonchev–Trinajstić information content (AvgIpc) is 2.96. The van der Waals surface area contributed by atoms with Crippen LogP contribution in [-0.4, -0.2) is 47.1 Å². The summed E-state index contributed by atoms with van der Waals surface area (Å²) in [7, 11) is 0. The fourth-order valence-corrected chi connectivity index (χ4v) is 3.44. The van der Waals surface area contributed by atoms with Crippen molar-refractivity contribution >= 4 is 17.8 Å². The molecule has 1 saturated heterocycles. The molecule has 2 aromatic rings. The van der Waals surface area contributed by atoms with Crippen molar-refractivity contribution in [3.63, 3.8) is 0 Å². The maximum Gasteiger partial charge on any atom is 0.573 e. The lowest BCUT2D eigenvalue weighted by Gasteiger charge is -2.25. The number of amides is 4. The third-order valence-electron chi connectivity index (χ3n) is 5.18. The molecule has 170 valence electrons. The topological polar surface area (TPSA) is 79.0 Å². The smallest absolute Gasteiger partial charge is 0.406 e. The van der Waals surface area contributed by atoms with Crippen molar-refractivity contribution in [2.24, 2.45) is 0 Å². The van der Waals surface area contributed by atoms with E-state index in [4.69, 9.17) is 0 Å². The van der Waals surface area contributed by atoms with Gasteiger partial charge in [0.15, 0.2) is 0 Å². The standard InChI is InChI=1S/C22H22F3N3O4/c1-3-27(13-15-7-5-4-6-8-15)18(29)14-28-19(30)21(2,26-20(28)31)16-9-11-17(12-10-16)32-22(23,24)25/h4-12H,3,13-14H2,1-2H3,(H,26,31). The van der Waals surface area contributed by atoms with E-state index in [2.05, 4.69) is 10.1 Å². The Hall–Kier alpha value is -3.56. The second kappa shape index (κ2) is 8.89. The van der Waals surface area contributed by atoms with Crippen LogP contribution in [0.1, 0.15) is 25.0 Å². The van der Waals surface area contributed by atoms with Crippen LogP contribution in [0.5, 0.6) is 5.75 Å². The first kappa shape index (κ1) is 23.1. The molecule has 0 radical (unpaired) electrons. The molecule has 1 unspecified atom stereocenters. The van der Waals surface area contributed by atoms with Gasteiger partial charge in [-0.05, 0) is 37.1 Å². The Bertz CT molecular complexity index is 996. The second-order valence-electron chi connectivity index (χ2n) is 7.41. The third-order valence-corrected chi connectivity index (χ3v) is 5.18. The summed E-state index contributed by atoms with van der Waals surface area (Å²) in [6.07, 6.45) is -4.84. The van der Waals surface area contributed by atoms with Crippen LogP contribution in [0, 0.1) is 0 Å². The predicted molar refractivity (Wildman–Crippen MR) is 108 cm³/mol. The summed E-state index contributed by atoms with van der Waals surface area (Å²) in [4.78, 5) is 40.6. The molecular formula is C22H22F3N3O4. The molecule has 1 heterocycles. The van der Waals surface area contributed by atoms with E-state index in [1.807, 2.05) is 30.3 Å². The number of nitrogens with one attached hydrogen (secondary N) is 1. The Kier molecular flexibility index (Phi) is 6.42. The lowest BCUT2D eigenvalue weighted by molar-refractivity contribution is -0.274. The number of rotatable bonds is 7. The van der Waals surface area contributed by atoms with Gasteiger partial charge < -0.3 is 15.0 Å². The molecule has 1 fully saturated rings. The van der Waals surface area contributed by atoms with Gasteiger partial charge in [0.2, 0.25) is 5.91 Å². The summed E-state index contributed by atoms with van der Waals surface area (Å²) in [5.74, 6) is -1.53. The molecule has 1 atom stereocenters. The van der Waals surface area contributed by atoms with Gasteiger partial charge in [-0.15, -0.1) is 13.2 Å². The predicted octanol–water partition coefficient (Wildman–Crippen LogP) is 3.40. The normalized spacial score (nSPS) is 18.5. The number of carbonyl (C=O) groups excluding carboxylic acids is 3. The molecule has 1 N–H and O–H groups in total. The molecule has 2 aromatic carbocycles. The molecule has 1 aliphatic heterocycles. The number of likely N-dealkylation sites (N-methyl/N-ethyl adjacent to an activating group) is 1. The zero-order valence-electron chi connectivity index (χ0n) is 17.5. The van der Waals surface area contributed by atoms with E-state index < -0.39 is 42.0 Å². The largest absolute Gasteiger partial charge is 0.573 e. The summed E-state index contributed by atoms with van der Waals surface area (Å²) in [6.45, 7) is 3.49. The van der Waals surface area contributed by atoms with E-state index in [-0.39, 0.29) is 5.56 Å². The molecule has 10 heteroatoms. The number of hydrogen-bond donors (Lipinski definition) is 1. The van der Waals surface area contributed by atoms with Gasteiger partial charge in [0.05, 0.1) is 0 Å². The molecule has 0 bridgehead atoms. The van der Waals surface area contributed by atoms with Gasteiger partial charge >= 0.3 is 12.4 Å². The number of ether oxygens (including phenoxy) is 1. The van der Waals surface area contributed by atoms with Gasteiger partial charge in [-0.25, -0.2) is 4.79 Å². The summed E-state index contributed by atoms with van der Waals surface area (Å²) >= 11 is 0. The van der Waals surface area contributed by atoms with E-state index in [1.54, 1.807) is 6.92 Å². The van der Waals surface area contributed by atoms with Crippen molar-refractivity contribution in [2.45, 2.75) is 32.3 Å². The molecule has 0 aliphatic carbocycles. The summed E-state index contributed by atoms with van der Waals surface area (Å²) in [5, 5.41) is 2.53. The number of nitrogens with zero attached hydrogens (tertiary/aromatic N) is 2. The van der Waals surface area contributed by atoms with Gasteiger partial charge in [-0.2, -0.15) is 0 Å². The quantitative estimate of drug-likeness (QED) is 0.658. The minimum atomic E-state index is -4.84. The van der Waals surface area contributed by atoms with Crippen molar-refractivity contribution in [1.82, 2.24) is 15.1 Å². The van der Waals surface area contributed by atoms with Crippen molar-refractivity contribution in [3.05, 3.63) is 65.7 Å². The highest BCUT2D eigenvalue weighted by molar-refractivity contribution is 6.09. The zero-order chi connectivity index (χ0) is 23.5. The van der Waals surface area contributed by atoms with Crippen LogP contribution in [0.2, 0.25) is 0 Å². The van der Waals surface area contributed by atoms with Gasteiger partial charge in [0.1, 0.15) is 17.8 Å². The third kappa shape index (κ3) is 5.01. The molecule has 0 spiro atoms. The van der Waals surface area contributed by atoms with Gasteiger partial charge in [0, 0.05) is 13.1 Å². The van der Waals surface area contributed by atoms with E-state index in [0.717, 1.165) is 22.6 Å². The average molecular weight is 449 g/mol. The highest BCUT2D eigenvalue weighted by atomic mass is 19.4. The molecule has 0 saturated carbocycles. The van der Waals surface area contributed by atoms with Crippen LogP contribution < -0.4 is 10.1 Å². The molecule has 0 aromatic heterocycles. The number of alkyl halides is 3. The molecule has 1 aliphatic rings. The van der Waals surface area contributed by atoms with Crippen LogP contribution >= 0.6 is 0 Å². The van der Waals surface area contributed by atoms with Gasteiger partial charge in [-0.1, -0.05) is 42.5 Å². The minimum Gasteiger partial charge on any atom is -0.406 e. The van der Waals surface area contributed by atoms with Crippen LogP contribution in [0.4, 0.5) is 18.0 Å². The fourth-order valence-electron chi connectivity index (χ4n) is 3.44. The summed E-state index contributed by atoms with van der Waals surface area (Å²) in [5.41, 5.74) is -0.354. The highest BCUT2D eigenvalue weighted by Crippen LogP contribution is 2.31. The Labute approximate surface area is 182 Å². The highest BCUT2D eigenvalue weighted by Gasteiger charge is 2.49. The first-order valence-corrected chi connectivity index (χ1v) is 9.85. The van der Waals surface area contributed by atoms with E-state index in [9.17, 15) is 27.6 Å². The number of urea groups is 1. The molecule has 4 amide bonds. The first-order valence-electron chi connectivity index (χ1n) is 9.85. The lowest BCUT2D eigenvalue weighted by Crippen LogP contribution is -2.44. The molecule has 3 rings (SSSR count). The monoisotopic (exact) mass is 449 g/mol. The summed E-state index contributed by atoms with van der Waals surface area (Å²) in [6, 6.07) is 13.2. The number of imide groups is 1. The van der Waals surface area contributed by atoms with Crippen molar-refractivity contribution < 1.29 is 32.3 Å². The number of benzene rings is 2. The van der Waals surface area contributed by atoms with E-state index >= 15 is 0 Å². The second-order valence-corrected chi connectivity index (χ2v) is 7.41. The number of carbonyl (C=O) groups is 3. The maximum absolute atomic E-state index is 13.0. The van der Waals surface area contributed by atoms with Crippen molar-refractivity contribution in [3.8, 4) is 5.75 Å². The van der Waals surface area contributed by atoms with Crippen LogP contribution in [-0.2, 0) is 21.7 Å². The maximum atomic E-state index is 13.0. The van der Waals surface area contributed by atoms with Crippen molar-refractivity contribution in [1.29, 1.82) is 0 Å². The van der Waals surface area contributed by atoms with Crippen LogP contribution in [0.15, 0.2) is 54.6 Å². The SMILES string of the molecule is CCN(Cc1ccccc1)C(=O)CN1C(=O)NC(C)(c2ccc(OC(F)(F)F)cc2)C1=O. The van der Waals surface area contributed by atoms with Gasteiger partial charge in [-0.3, -0.25) is 14.5 Å². The first-order chi connectivity index (χ1) is 15.0. The van der Waals surface area contributed by atoms with E-state index in [0.29, 0.717) is 13.1 Å². The number of hydrogen-bond acceptors (Lipinski definition) is 4. The van der Waals surface area contributed by atoms with Crippen LogP contribution in [0.3, 0.4) is 0 Å². The Morgan fingerprint density at radius 3 is 2.28 bits per heavy atom. The lowest BCUT2D eigenvalue weighted by atomic mass is 9.92. The fraction of sp³-hybridized carbons (Fsp3) is 0.318. The molecule has 7 nitrogen and oxygen atoms in total. The van der Waals surface area contributed by atoms with Crippen LogP contribution in [0.25, 0.3) is 0 Å². The van der Waals surface area contributed by atoms with Gasteiger partial charge in [0.25, 0.3) is 5.91 Å². The summed E-state index contributed by atoms with van der Waals surface area (Å²) < 4.78 is 40.9. The minimum absolute atomic E-state index is 0.261. The molecule has 32 heavy (non-hydrogen) atoms. The van der Waals surface area contributed by atoms with E-state index in [1.165, 1.54) is 24.0 Å².